The van der Waals surface area contributed by atoms with E-state index in [0.717, 1.165) is 0 Å². The van der Waals surface area contributed by atoms with E-state index in [9.17, 15) is 14.4 Å². The molecular weight excluding hydrogens is 278 g/mol. The van der Waals surface area contributed by atoms with Gasteiger partial charge in [-0.1, -0.05) is 6.07 Å². The third kappa shape index (κ3) is 6.81. The summed E-state index contributed by atoms with van der Waals surface area (Å²) in [5, 5.41) is 15.3. The lowest BCUT2D eigenvalue weighted by molar-refractivity contribution is -0.137. The molecule has 8 nitrogen and oxygen atoms in total. The topological polar surface area (TPSA) is 117 Å². The van der Waals surface area contributed by atoms with Crippen LogP contribution in [0.15, 0.2) is 24.3 Å². The molecule has 4 N–H and O–H groups in total. The predicted molar refractivity (Wildman–Crippen MR) is 75.3 cm³/mol. The first-order chi connectivity index (χ1) is 10.0. The van der Waals surface area contributed by atoms with E-state index in [4.69, 9.17) is 9.84 Å². The minimum atomic E-state index is -1.15. The van der Waals surface area contributed by atoms with Crippen LogP contribution in [0.3, 0.4) is 0 Å². The van der Waals surface area contributed by atoms with Gasteiger partial charge in [-0.3, -0.25) is 9.59 Å². The Hall–Kier alpha value is -2.77. The second kappa shape index (κ2) is 8.41. The Kier molecular flexibility index (Phi) is 6.52. The van der Waals surface area contributed by atoms with Crippen LogP contribution in [-0.4, -0.2) is 42.7 Å². The number of hydrogen-bond acceptors (Lipinski definition) is 4. The molecule has 0 atom stereocenters. The summed E-state index contributed by atoms with van der Waals surface area (Å²) in [6.07, 6.45) is 0. The highest BCUT2D eigenvalue weighted by Gasteiger charge is 2.07. The molecule has 114 valence electrons. The number of benzene rings is 1. The normalized spacial score (nSPS) is 9.57. The van der Waals surface area contributed by atoms with E-state index in [1.54, 1.807) is 24.3 Å². The summed E-state index contributed by atoms with van der Waals surface area (Å²) in [5.74, 6) is -1.12. The molecule has 0 spiro atoms. The van der Waals surface area contributed by atoms with Gasteiger partial charge in [-0.2, -0.15) is 0 Å². The minimum absolute atomic E-state index is 0.315. The number of nitrogens with one attached hydrogen (secondary N) is 3. The van der Waals surface area contributed by atoms with Crippen LogP contribution in [0.25, 0.3) is 0 Å². The third-order valence-corrected chi connectivity index (χ3v) is 2.25. The van der Waals surface area contributed by atoms with Gasteiger partial charge in [0.05, 0.1) is 13.2 Å². The molecule has 1 aromatic rings. The number of carboxylic acids is 1. The highest BCUT2D eigenvalue weighted by Crippen LogP contribution is 2.16. The molecule has 1 aromatic carbocycles. The Morgan fingerprint density at radius 3 is 2.62 bits per heavy atom. The summed E-state index contributed by atoms with van der Waals surface area (Å²) < 4.78 is 5.29. The van der Waals surface area contributed by atoms with Crippen LogP contribution in [0.4, 0.5) is 10.5 Å². The van der Waals surface area contributed by atoms with Crippen molar-refractivity contribution in [3.05, 3.63) is 24.3 Å². The fourth-order valence-corrected chi connectivity index (χ4v) is 1.40. The van der Waals surface area contributed by atoms with Gasteiger partial charge in [0.2, 0.25) is 5.91 Å². The number of aliphatic carboxylic acids is 1. The van der Waals surface area contributed by atoms with E-state index in [1.807, 2.05) is 6.92 Å². The maximum Gasteiger partial charge on any atom is 0.322 e. The summed E-state index contributed by atoms with van der Waals surface area (Å²) in [7, 11) is 0. The lowest BCUT2D eigenvalue weighted by Crippen LogP contribution is -2.40. The monoisotopic (exact) mass is 295 g/mol. The average molecular weight is 295 g/mol. The van der Waals surface area contributed by atoms with Crippen molar-refractivity contribution in [3.63, 3.8) is 0 Å². The first-order valence-electron chi connectivity index (χ1n) is 6.27. The first-order valence-corrected chi connectivity index (χ1v) is 6.27. The van der Waals surface area contributed by atoms with E-state index in [1.165, 1.54) is 0 Å². The van der Waals surface area contributed by atoms with Gasteiger partial charge in [0.1, 0.15) is 12.3 Å². The van der Waals surface area contributed by atoms with Crippen molar-refractivity contribution in [1.82, 2.24) is 10.6 Å². The van der Waals surface area contributed by atoms with Crippen molar-refractivity contribution in [2.24, 2.45) is 0 Å². The summed E-state index contributed by atoms with van der Waals surface area (Å²) in [4.78, 5) is 33.0. The molecule has 0 aromatic heterocycles. The molecule has 0 saturated heterocycles. The van der Waals surface area contributed by atoms with E-state index in [0.29, 0.717) is 18.0 Å². The molecule has 3 amide bonds. The van der Waals surface area contributed by atoms with Crippen LogP contribution in [0.5, 0.6) is 5.75 Å². The number of urea groups is 1. The number of ether oxygens (including phenoxy) is 1. The van der Waals surface area contributed by atoms with Crippen molar-refractivity contribution < 1.29 is 24.2 Å². The first kappa shape index (κ1) is 16.3. The molecule has 0 saturated carbocycles. The van der Waals surface area contributed by atoms with Crippen LogP contribution in [0.1, 0.15) is 6.92 Å². The summed E-state index contributed by atoms with van der Waals surface area (Å²) >= 11 is 0. The highest BCUT2D eigenvalue weighted by molar-refractivity contribution is 5.92. The zero-order chi connectivity index (χ0) is 15.7. The fraction of sp³-hybridized carbons (Fsp3) is 0.308. The SMILES string of the molecule is CCOc1cccc(NC(=O)NCC(=O)NCC(=O)O)c1. The van der Waals surface area contributed by atoms with Gasteiger partial charge >= 0.3 is 12.0 Å². The van der Waals surface area contributed by atoms with E-state index in [2.05, 4.69) is 16.0 Å². The number of carbonyl (C=O) groups is 3. The van der Waals surface area contributed by atoms with Crippen molar-refractivity contribution in [2.45, 2.75) is 6.92 Å². The van der Waals surface area contributed by atoms with Crippen LogP contribution < -0.4 is 20.7 Å². The second-order valence-electron chi connectivity index (χ2n) is 3.94. The summed E-state index contributed by atoms with van der Waals surface area (Å²) in [6.45, 7) is 1.56. The third-order valence-electron chi connectivity index (χ3n) is 2.25. The molecule has 0 aliphatic carbocycles. The number of rotatable bonds is 7. The van der Waals surface area contributed by atoms with Gasteiger partial charge in [0.15, 0.2) is 0 Å². The molecule has 0 unspecified atom stereocenters. The molecule has 0 radical (unpaired) electrons. The van der Waals surface area contributed by atoms with Crippen molar-refractivity contribution in [3.8, 4) is 5.75 Å². The van der Waals surface area contributed by atoms with Crippen LogP contribution >= 0.6 is 0 Å². The number of anilines is 1. The van der Waals surface area contributed by atoms with Gasteiger partial charge < -0.3 is 25.8 Å². The quantitative estimate of drug-likeness (QED) is 0.581. The summed E-state index contributed by atoms with van der Waals surface area (Å²) in [5.41, 5.74) is 0.518. The zero-order valence-corrected chi connectivity index (χ0v) is 11.5. The predicted octanol–water partition coefficient (Wildman–Crippen LogP) is 0.408. The number of amides is 3. The smallest absolute Gasteiger partial charge is 0.322 e. The van der Waals surface area contributed by atoms with Crippen molar-refractivity contribution in [1.29, 1.82) is 0 Å². The van der Waals surface area contributed by atoms with Crippen molar-refractivity contribution >= 4 is 23.6 Å². The van der Waals surface area contributed by atoms with Gasteiger partial charge in [-0.15, -0.1) is 0 Å². The van der Waals surface area contributed by atoms with E-state index < -0.39 is 24.5 Å². The Bertz CT molecular complexity index is 518. The average Bonchev–Trinajstić information content (AvgIpc) is 2.43. The standard InChI is InChI=1S/C13H17N3O5/c1-2-21-10-5-3-4-9(6-10)16-13(20)15-7-11(17)14-8-12(18)19/h3-6H,2,7-8H2,1H3,(H,14,17)(H,18,19)(H2,15,16,20). The molecule has 21 heavy (non-hydrogen) atoms. The molecule has 0 fully saturated rings. The zero-order valence-electron chi connectivity index (χ0n) is 11.5. The minimum Gasteiger partial charge on any atom is -0.494 e. The molecule has 0 bridgehead atoms. The van der Waals surface area contributed by atoms with Crippen LogP contribution in [-0.2, 0) is 9.59 Å². The van der Waals surface area contributed by atoms with Crippen LogP contribution in [0, 0.1) is 0 Å². The maximum absolute atomic E-state index is 11.6. The van der Waals surface area contributed by atoms with Gasteiger partial charge in [0.25, 0.3) is 0 Å². The largest absolute Gasteiger partial charge is 0.494 e. The molecule has 0 aliphatic heterocycles. The Morgan fingerprint density at radius 1 is 1.19 bits per heavy atom. The summed E-state index contributed by atoms with van der Waals surface area (Å²) in [6, 6.07) is 6.22. The lowest BCUT2D eigenvalue weighted by Gasteiger charge is -2.09. The Balaban J connectivity index is 2.38. The molecule has 0 heterocycles. The Morgan fingerprint density at radius 2 is 1.95 bits per heavy atom. The van der Waals surface area contributed by atoms with E-state index in [-0.39, 0.29) is 6.54 Å². The number of carbonyl (C=O) groups excluding carboxylic acids is 2. The molecule has 0 aliphatic rings. The lowest BCUT2D eigenvalue weighted by atomic mass is 10.3. The van der Waals surface area contributed by atoms with E-state index >= 15 is 0 Å². The maximum atomic E-state index is 11.6. The highest BCUT2D eigenvalue weighted by atomic mass is 16.5. The molecular formula is C13H17N3O5. The van der Waals surface area contributed by atoms with Crippen LogP contribution in [0.2, 0.25) is 0 Å². The molecule has 8 heteroatoms. The number of carboxylic acid groups (broad SMARTS) is 1. The molecule has 1 rings (SSSR count). The van der Waals surface area contributed by atoms with Crippen molar-refractivity contribution in [2.75, 3.05) is 25.0 Å². The van der Waals surface area contributed by atoms with Gasteiger partial charge in [-0.25, -0.2) is 4.79 Å². The fourth-order valence-electron chi connectivity index (χ4n) is 1.40. The van der Waals surface area contributed by atoms with Gasteiger partial charge in [0, 0.05) is 11.8 Å². The Labute approximate surface area is 121 Å². The number of hydrogen-bond donors (Lipinski definition) is 4. The second-order valence-corrected chi connectivity index (χ2v) is 3.94. The van der Waals surface area contributed by atoms with Gasteiger partial charge in [-0.05, 0) is 19.1 Å².